The van der Waals surface area contributed by atoms with E-state index in [1.54, 1.807) is 6.07 Å². The molecule has 3 aromatic rings. The molecule has 0 saturated heterocycles. The predicted molar refractivity (Wildman–Crippen MR) is 110 cm³/mol. The summed E-state index contributed by atoms with van der Waals surface area (Å²) in [6.45, 7) is 5.90. The number of H-pyrrole nitrogens is 1. The molecule has 0 atom stereocenters. The summed E-state index contributed by atoms with van der Waals surface area (Å²) >= 11 is 0. The highest BCUT2D eigenvalue weighted by Gasteiger charge is 2.26. The standard InChI is InChI=1S/C22H27N5O/c1-15(2)27-14-17(11-23-27)13-26(3)12-16-5-4-6-19(9-16)22-24-20(18-7-8-18)10-21(28)25-22/h4-6,9-11,14-15,18H,7-8,12-13H2,1-3H3,(H,24,25,28). The molecule has 6 nitrogen and oxygen atoms in total. The zero-order valence-corrected chi connectivity index (χ0v) is 16.7. The van der Waals surface area contributed by atoms with Gasteiger partial charge in [-0.15, -0.1) is 0 Å². The van der Waals surface area contributed by atoms with Crippen molar-refractivity contribution in [1.29, 1.82) is 0 Å². The number of aromatic amines is 1. The second kappa shape index (κ2) is 7.72. The first-order valence-electron chi connectivity index (χ1n) is 9.90. The Morgan fingerprint density at radius 3 is 2.71 bits per heavy atom. The maximum atomic E-state index is 12.0. The third-order valence-corrected chi connectivity index (χ3v) is 5.05. The van der Waals surface area contributed by atoms with Crippen LogP contribution < -0.4 is 5.56 Å². The van der Waals surface area contributed by atoms with Crippen LogP contribution in [0.3, 0.4) is 0 Å². The normalized spacial score (nSPS) is 14.2. The van der Waals surface area contributed by atoms with Crippen LogP contribution in [0, 0.1) is 0 Å². The number of benzene rings is 1. The van der Waals surface area contributed by atoms with Gasteiger partial charge in [0.25, 0.3) is 5.56 Å². The fourth-order valence-electron chi connectivity index (χ4n) is 3.44. The van der Waals surface area contributed by atoms with E-state index in [1.807, 2.05) is 23.0 Å². The molecule has 2 heterocycles. The van der Waals surface area contributed by atoms with Crippen LogP contribution in [0.5, 0.6) is 0 Å². The number of nitrogens with zero attached hydrogens (tertiary/aromatic N) is 4. The fraction of sp³-hybridized carbons (Fsp3) is 0.409. The number of rotatable bonds is 7. The van der Waals surface area contributed by atoms with E-state index >= 15 is 0 Å². The SMILES string of the molecule is CC(C)n1cc(CN(C)Cc2cccc(-c3nc(C4CC4)cc(=O)[nH]3)c2)cn1. The van der Waals surface area contributed by atoms with Gasteiger partial charge in [0.15, 0.2) is 0 Å². The molecule has 4 rings (SSSR count). The molecule has 1 aliphatic carbocycles. The minimum atomic E-state index is -0.0726. The molecule has 1 saturated carbocycles. The number of aromatic nitrogens is 4. The van der Waals surface area contributed by atoms with Crippen LogP contribution in [0.4, 0.5) is 0 Å². The van der Waals surface area contributed by atoms with E-state index in [9.17, 15) is 4.79 Å². The lowest BCUT2D eigenvalue weighted by Crippen LogP contribution is -2.17. The molecule has 0 amide bonds. The lowest BCUT2D eigenvalue weighted by molar-refractivity contribution is 0.319. The average molecular weight is 377 g/mol. The molecule has 146 valence electrons. The van der Waals surface area contributed by atoms with Gasteiger partial charge in [0, 0.05) is 48.4 Å². The third kappa shape index (κ3) is 4.39. The number of hydrogen-bond acceptors (Lipinski definition) is 4. The van der Waals surface area contributed by atoms with Gasteiger partial charge in [0.05, 0.1) is 11.9 Å². The highest BCUT2D eigenvalue weighted by Crippen LogP contribution is 2.38. The Labute approximate surface area is 165 Å². The second-order valence-corrected chi connectivity index (χ2v) is 8.09. The molecular weight excluding hydrogens is 350 g/mol. The summed E-state index contributed by atoms with van der Waals surface area (Å²) in [5.74, 6) is 1.12. The van der Waals surface area contributed by atoms with E-state index in [1.165, 1.54) is 11.1 Å². The van der Waals surface area contributed by atoms with Crippen molar-refractivity contribution in [2.24, 2.45) is 0 Å². The minimum Gasteiger partial charge on any atom is -0.307 e. The van der Waals surface area contributed by atoms with Crippen molar-refractivity contribution in [3.8, 4) is 11.4 Å². The lowest BCUT2D eigenvalue weighted by Gasteiger charge is -2.16. The largest absolute Gasteiger partial charge is 0.307 e. The van der Waals surface area contributed by atoms with Crippen LogP contribution >= 0.6 is 0 Å². The molecule has 2 aromatic heterocycles. The van der Waals surface area contributed by atoms with Gasteiger partial charge in [-0.2, -0.15) is 5.10 Å². The smallest absolute Gasteiger partial charge is 0.251 e. The van der Waals surface area contributed by atoms with Gasteiger partial charge in [-0.3, -0.25) is 14.4 Å². The maximum Gasteiger partial charge on any atom is 0.251 e. The summed E-state index contributed by atoms with van der Waals surface area (Å²) in [5.41, 5.74) is 4.20. The topological polar surface area (TPSA) is 66.8 Å². The Kier molecular flexibility index (Phi) is 5.13. The summed E-state index contributed by atoms with van der Waals surface area (Å²) < 4.78 is 1.98. The molecule has 1 fully saturated rings. The van der Waals surface area contributed by atoms with Crippen molar-refractivity contribution in [3.63, 3.8) is 0 Å². The Balaban J connectivity index is 1.48. The van der Waals surface area contributed by atoms with Gasteiger partial charge in [0.1, 0.15) is 5.82 Å². The van der Waals surface area contributed by atoms with E-state index < -0.39 is 0 Å². The van der Waals surface area contributed by atoms with Gasteiger partial charge in [0.2, 0.25) is 0 Å². The number of nitrogens with one attached hydrogen (secondary N) is 1. The Hall–Kier alpha value is -2.73. The van der Waals surface area contributed by atoms with Crippen LogP contribution in [0.1, 0.15) is 55.5 Å². The molecule has 1 N–H and O–H groups in total. The van der Waals surface area contributed by atoms with Gasteiger partial charge < -0.3 is 4.98 Å². The van der Waals surface area contributed by atoms with Gasteiger partial charge in [-0.25, -0.2) is 4.98 Å². The Morgan fingerprint density at radius 2 is 2.00 bits per heavy atom. The van der Waals surface area contributed by atoms with E-state index in [4.69, 9.17) is 4.98 Å². The highest BCUT2D eigenvalue weighted by atomic mass is 16.1. The van der Waals surface area contributed by atoms with E-state index in [2.05, 4.69) is 54.2 Å². The Morgan fingerprint density at radius 1 is 1.21 bits per heavy atom. The molecule has 0 spiro atoms. The van der Waals surface area contributed by atoms with Crippen LogP contribution in [-0.4, -0.2) is 31.7 Å². The summed E-state index contributed by atoms with van der Waals surface area (Å²) in [5, 5.41) is 4.41. The molecule has 0 bridgehead atoms. The fourth-order valence-corrected chi connectivity index (χ4v) is 3.44. The van der Waals surface area contributed by atoms with Gasteiger partial charge in [-0.1, -0.05) is 18.2 Å². The zero-order chi connectivity index (χ0) is 19.7. The quantitative estimate of drug-likeness (QED) is 0.681. The van der Waals surface area contributed by atoms with Crippen molar-refractivity contribution >= 4 is 0 Å². The van der Waals surface area contributed by atoms with Crippen LogP contribution in [0.25, 0.3) is 11.4 Å². The summed E-state index contributed by atoms with van der Waals surface area (Å²) in [6.07, 6.45) is 6.31. The maximum absolute atomic E-state index is 12.0. The van der Waals surface area contributed by atoms with E-state index in [-0.39, 0.29) is 5.56 Å². The van der Waals surface area contributed by atoms with Gasteiger partial charge >= 0.3 is 0 Å². The molecule has 28 heavy (non-hydrogen) atoms. The molecule has 6 heteroatoms. The molecule has 0 unspecified atom stereocenters. The van der Waals surface area contributed by atoms with Crippen LogP contribution in [0.15, 0.2) is 47.5 Å². The van der Waals surface area contributed by atoms with Crippen molar-refractivity contribution in [3.05, 3.63) is 69.9 Å². The second-order valence-electron chi connectivity index (χ2n) is 8.09. The summed E-state index contributed by atoms with van der Waals surface area (Å²) in [4.78, 5) is 21.9. The lowest BCUT2D eigenvalue weighted by atomic mass is 10.1. The average Bonchev–Trinajstić information content (AvgIpc) is 3.40. The Bertz CT molecular complexity index is 1020. The van der Waals surface area contributed by atoms with Crippen molar-refractivity contribution in [2.75, 3.05) is 7.05 Å². The first kappa shape index (κ1) is 18.6. The molecule has 1 aromatic carbocycles. The van der Waals surface area contributed by atoms with Crippen LogP contribution in [0.2, 0.25) is 0 Å². The first-order chi connectivity index (χ1) is 13.5. The minimum absolute atomic E-state index is 0.0726. The molecular formula is C22H27N5O. The van der Waals surface area contributed by atoms with Crippen molar-refractivity contribution < 1.29 is 0 Å². The van der Waals surface area contributed by atoms with Gasteiger partial charge in [-0.05, 0) is 45.4 Å². The van der Waals surface area contributed by atoms with E-state index in [0.717, 1.165) is 37.2 Å². The van der Waals surface area contributed by atoms with Crippen molar-refractivity contribution in [2.45, 2.75) is 51.7 Å². The predicted octanol–water partition coefficient (Wildman–Crippen LogP) is 3.72. The van der Waals surface area contributed by atoms with Crippen LogP contribution in [-0.2, 0) is 13.1 Å². The highest BCUT2D eigenvalue weighted by molar-refractivity contribution is 5.56. The first-order valence-corrected chi connectivity index (χ1v) is 9.90. The third-order valence-electron chi connectivity index (χ3n) is 5.05. The molecule has 0 aliphatic heterocycles. The zero-order valence-electron chi connectivity index (χ0n) is 16.7. The van der Waals surface area contributed by atoms with E-state index in [0.29, 0.717) is 17.8 Å². The monoisotopic (exact) mass is 377 g/mol. The number of hydrogen-bond donors (Lipinski definition) is 1. The summed E-state index contributed by atoms with van der Waals surface area (Å²) in [7, 11) is 2.10. The van der Waals surface area contributed by atoms with Crippen molar-refractivity contribution in [1.82, 2.24) is 24.6 Å². The summed E-state index contributed by atoms with van der Waals surface area (Å²) in [6, 6.07) is 10.3. The molecule has 1 aliphatic rings. The molecule has 0 radical (unpaired) electrons.